The Labute approximate surface area is 111 Å². The van der Waals surface area contributed by atoms with Crippen molar-refractivity contribution in [3.8, 4) is 0 Å². The molecule has 0 bridgehead atoms. The molecule has 0 N–H and O–H groups in total. The molecule has 1 aliphatic rings. The van der Waals surface area contributed by atoms with Crippen LogP contribution in [0.3, 0.4) is 0 Å². The van der Waals surface area contributed by atoms with E-state index < -0.39 is 17.5 Å². The minimum absolute atomic E-state index is 0.0892. The monoisotopic (exact) mass is 268 g/mol. The predicted octanol–water partition coefficient (Wildman–Crippen LogP) is 2.13. The second-order valence-electron chi connectivity index (χ2n) is 5.07. The molecule has 3 nitrogen and oxygen atoms in total. The maximum Gasteiger partial charge on any atom is 0.256 e. The molecule has 0 atom stereocenters. The summed E-state index contributed by atoms with van der Waals surface area (Å²) in [5.41, 5.74) is -0.193. The Balaban J connectivity index is 2.12. The molecule has 1 aromatic carbocycles. The molecule has 1 amide bonds. The SMILES string of the molecule is CN1CCC(N(C)C(=O)c2cc(F)ccc2F)CC1. The second-order valence-corrected chi connectivity index (χ2v) is 5.07. The van der Waals surface area contributed by atoms with Gasteiger partial charge in [-0.1, -0.05) is 0 Å². The first kappa shape index (κ1) is 13.9. The fourth-order valence-electron chi connectivity index (χ4n) is 2.40. The van der Waals surface area contributed by atoms with E-state index in [9.17, 15) is 13.6 Å². The van der Waals surface area contributed by atoms with Crippen LogP contribution in [0.4, 0.5) is 8.78 Å². The van der Waals surface area contributed by atoms with E-state index in [1.54, 1.807) is 7.05 Å². The molecule has 0 unspecified atom stereocenters. The van der Waals surface area contributed by atoms with Gasteiger partial charge in [0.1, 0.15) is 11.6 Å². The predicted molar refractivity (Wildman–Crippen MR) is 69.0 cm³/mol. The molecule has 1 aliphatic heterocycles. The zero-order valence-electron chi connectivity index (χ0n) is 11.2. The summed E-state index contributed by atoms with van der Waals surface area (Å²) < 4.78 is 26.7. The van der Waals surface area contributed by atoms with Crippen LogP contribution in [0.15, 0.2) is 18.2 Å². The number of benzene rings is 1. The molecule has 1 heterocycles. The third-order valence-corrected chi connectivity index (χ3v) is 3.71. The minimum atomic E-state index is -0.675. The Hall–Kier alpha value is -1.49. The summed E-state index contributed by atoms with van der Waals surface area (Å²) in [5, 5.41) is 0. The highest BCUT2D eigenvalue weighted by molar-refractivity contribution is 5.94. The molecule has 0 radical (unpaired) electrons. The van der Waals surface area contributed by atoms with Crippen molar-refractivity contribution in [3.05, 3.63) is 35.4 Å². The van der Waals surface area contributed by atoms with Crippen LogP contribution < -0.4 is 0 Å². The number of hydrogen-bond donors (Lipinski definition) is 0. The average Bonchev–Trinajstić information content (AvgIpc) is 2.41. The Morgan fingerprint density at radius 1 is 1.32 bits per heavy atom. The Morgan fingerprint density at radius 3 is 2.58 bits per heavy atom. The highest BCUT2D eigenvalue weighted by Gasteiger charge is 2.26. The lowest BCUT2D eigenvalue weighted by molar-refractivity contribution is 0.0654. The van der Waals surface area contributed by atoms with Gasteiger partial charge >= 0.3 is 0 Å². The van der Waals surface area contributed by atoms with Gasteiger partial charge in [-0.15, -0.1) is 0 Å². The van der Waals surface area contributed by atoms with Gasteiger partial charge in [-0.3, -0.25) is 4.79 Å². The van der Waals surface area contributed by atoms with E-state index in [0.29, 0.717) is 0 Å². The fourth-order valence-corrected chi connectivity index (χ4v) is 2.40. The van der Waals surface area contributed by atoms with E-state index in [-0.39, 0.29) is 11.6 Å². The number of hydrogen-bond acceptors (Lipinski definition) is 2. The van der Waals surface area contributed by atoms with Crippen molar-refractivity contribution in [2.45, 2.75) is 18.9 Å². The smallest absolute Gasteiger partial charge is 0.256 e. The lowest BCUT2D eigenvalue weighted by Gasteiger charge is -2.35. The van der Waals surface area contributed by atoms with Gasteiger partial charge in [-0.05, 0) is 51.2 Å². The molecule has 0 aromatic heterocycles. The number of piperidine rings is 1. The summed E-state index contributed by atoms with van der Waals surface area (Å²) in [7, 11) is 3.69. The fraction of sp³-hybridized carbons (Fsp3) is 0.500. The quantitative estimate of drug-likeness (QED) is 0.820. The molecule has 1 aromatic rings. The Morgan fingerprint density at radius 2 is 1.95 bits per heavy atom. The number of nitrogens with zero attached hydrogens (tertiary/aromatic N) is 2. The van der Waals surface area contributed by atoms with Crippen LogP contribution in [0.1, 0.15) is 23.2 Å². The summed E-state index contributed by atoms with van der Waals surface area (Å²) in [6.45, 7) is 1.82. The molecule has 1 fully saturated rings. The molecule has 0 aliphatic carbocycles. The lowest BCUT2D eigenvalue weighted by atomic mass is 10.0. The third kappa shape index (κ3) is 3.10. The van der Waals surface area contributed by atoms with Gasteiger partial charge in [-0.2, -0.15) is 0 Å². The maximum atomic E-state index is 13.6. The number of halogens is 2. The van der Waals surface area contributed by atoms with E-state index >= 15 is 0 Å². The topological polar surface area (TPSA) is 23.6 Å². The van der Waals surface area contributed by atoms with E-state index in [1.807, 2.05) is 7.05 Å². The van der Waals surface area contributed by atoms with Crippen LogP contribution >= 0.6 is 0 Å². The zero-order chi connectivity index (χ0) is 14.0. The highest BCUT2D eigenvalue weighted by Crippen LogP contribution is 2.18. The van der Waals surface area contributed by atoms with Crippen molar-refractivity contribution in [1.29, 1.82) is 0 Å². The van der Waals surface area contributed by atoms with Crippen molar-refractivity contribution >= 4 is 5.91 Å². The molecule has 0 saturated carbocycles. The number of carbonyl (C=O) groups is 1. The summed E-state index contributed by atoms with van der Waals surface area (Å²) in [6.07, 6.45) is 1.71. The van der Waals surface area contributed by atoms with Gasteiger partial charge in [0.05, 0.1) is 5.56 Å². The van der Waals surface area contributed by atoms with Crippen molar-refractivity contribution in [1.82, 2.24) is 9.80 Å². The van der Waals surface area contributed by atoms with Gasteiger partial charge in [-0.25, -0.2) is 8.78 Å². The summed E-state index contributed by atoms with van der Waals surface area (Å²) in [4.78, 5) is 15.9. The van der Waals surface area contributed by atoms with Crippen molar-refractivity contribution < 1.29 is 13.6 Å². The first-order chi connectivity index (χ1) is 8.99. The standard InChI is InChI=1S/C14H18F2N2O/c1-17-7-5-11(6-8-17)18(2)14(19)12-9-10(15)3-4-13(12)16/h3-4,9,11H,5-8H2,1-2H3. The van der Waals surface area contributed by atoms with Crippen LogP contribution in [0, 0.1) is 11.6 Å². The normalized spacial score (nSPS) is 17.5. The molecule has 0 spiro atoms. The van der Waals surface area contributed by atoms with Gasteiger partial charge in [0.2, 0.25) is 0 Å². The molecule has 19 heavy (non-hydrogen) atoms. The minimum Gasteiger partial charge on any atom is -0.339 e. The average molecular weight is 268 g/mol. The number of likely N-dealkylation sites (tertiary alicyclic amines) is 1. The van der Waals surface area contributed by atoms with Crippen LogP contribution in [0.25, 0.3) is 0 Å². The highest BCUT2D eigenvalue weighted by atomic mass is 19.1. The number of amides is 1. The van der Waals surface area contributed by atoms with E-state index in [1.165, 1.54) is 4.90 Å². The summed E-state index contributed by atoms with van der Waals surface area (Å²) in [6, 6.07) is 3.06. The second kappa shape index (κ2) is 5.65. The summed E-state index contributed by atoms with van der Waals surface area (Å²) in [5.74, 6) is -1.72. The number of rotatable bonds is 2. The number of carbonyl (C=O) groups excluding carboxylic acids is 1. The van der Waals surface area contributed by atoms with E-state index in [2.05, 4.69) is 4.90 Å². The van der Waals surface area contributed by atoms with Crippen LogP contribution in [0.5, 0.6) is 0 Å². The van der Waals surface area contributed by atoms with Gasteiger partial charge in [0, 0.05) is 13.1 Å². The molecule has 104 valence electrons. The van der Waals surface area contributed by atoms with Gasteiger partial charge in [0.15, 0.2) is 0 Å². The van der Waals surface area contributed by atoms with Gasteiger partial charge in [0.25, 0.3) is 5.91 Å². The van der Waals surface area contributed by atoms with Crippen molar-refractivity contribution in [2.24, 2.45) is 0 Å². The Bertz CT molecular complexity index is 471. The van der Waals surface area contributed by atoms with Crippen LogP contribution in [0.2, 0.25) is 0 Å². The van der Waals surface area contributed by atoms with E-state index in [0.717, 1.165) is 44.1 Å². The zero-order valence-corrected chi connectivity index (χ0v) is 11.2. The van der Waals surface area contributed by atoms with Crippen LogP contribution in [-0.2, 0) is 0 Å². The maximum absolute atomic E-state index is 13.6. The Kier molecular flexibility index (Phi) is 4.14. The largest absolute Gasteiger partial charge is 0.339 e. The van der Waals surface area contributed by atoms with E-state index in [4.69, 9.17) is 0 Å². The third-order valence-electron chi connectivity index (χ3n) is 3.71. The molecule has 2 rings (SSSR count). The lowest BCUT2D eigenvalue weighted by Crippen LogP contribution is -2.44. The first-order valence-electron chi connectivity index (χ1n) is 6.40. The van der Waals surface area contributed by atoms with Crippen molar-refractivity contribution in [3.63, 3.8) is 0 Å². The van der Waals surface area contributed by atoms with Crippen molar-refractivity contribution in [2.75, 3.05) is 27.2 Å². The molecular weight excluding hydrogens is 250 g/mol. The first-order valence-corrected chi connectivity index (χ1v) is 6.40. The summed E-state index contributed by atoms with van der Waals surface area (Å²) >= 11 is 0. The molecule has 1 saturated heterocycles. The molecule has 5 heteroatoms. The molecular formula is C14H18F2N2O. The van der Waals surface area contributed by atoms with Gasteiger partial charge < -0.3 is 9.80 Å². The van der Waals surface area contributed by atoms with Crippen LogP contribution in [-0.4, -0.2) is 48.9 Å².